The third kappa shape index (κ3) is 3.37. The second kappa shape index (κ2) is 7.80. The molecule has 0 aromatic carbocycles. The summed E-state index contributed by atoms with van der Waals surface area (Å²) in [5.74, 6) is 1.65. The van der Waals surface area contributed by atoms with E-state index in [4.69, 9.17) is 9.97 Å². The standard InChI is InChI=1S/C27H24N8/c1-17-25-19(28-11-13-30-25)15-34(17)23-9-5-7-21(32-23)27(3,4)22-8-6-10-24(33-22)35-16-20-26(18(35)2)31-14-12-29-20/h5-16H,1-4H3. The molecule has 0 N–H and O–H groups in total. The first-order chi connectivity index (χ1) is 16.9. The highest BCUT2D eigenvalue weighted by Gasteiger charge is 2.27. The first-order valence-electron chi connectivity index (χ1n) is 11.5. The van der Waals surface area contributed by atoms with Crippen LogP contribution in [0.2, 0.25) is 0 Å². The zero-order valence-electron chi connectivity index (χ0n) is 20.0. The lowest BCUT2D eigenvalue weighted by Crippen LogP contribution is -2.23. The quantitative estimate of drug-likeness (QED) is 0.372. The van der Waals surface area contributed by atoms with Gasteiger partial charge in [0.2, 0.25) is 0 Å². The third-order valence-corrected chi connectivity index (χ3v) is 6.61. The first-order valence-corrected chi connectivity index (χ1v) is 11.5. The number of aryl methyl sites for hydroxylation is 2. The average molecular weight is 461 g/mol. The van der Waals surface area contributed by atoms with E-state index in [-0.39, 0.29) is 0 Å². The molecule has 0 spiro atoms. The summed E-state index contributed by atoms with van der Waals surface area (Å²) >= 11 is 0. The second-order valence-electron chi connectivity index (χ2n) is 9.14. The van der Waals surface area contributed by atoms with E-state index in [1.54, 1.807) is 24.8 Å². The fraction of sp³-hybridized carbons (Fsp3) is 0.185. The van der Waals surface area contributed by atoms with Crippen LogP contribution in [0, 0.1) is 13.8 Å². The van der Waals surface area contributed by atoms with E-state index in [0.717, 1.165) is 56.5 Å². The Labute approximate surface area is 202 Å². The number of hydrogen-bond acceptors (Lipinski definition) is 6. The van der Waals surface area contributed by atoms with E-state index >= 15 is 0 Å². The van der Waals surface area contributed by atoms with Gasteiger partial charge in [0.15, 0.2) is 0 Å². The molecule has 35 heavy (non-hydrogen) atoms. The maximum absolute atomic E-state index is 5.04. The van der Waals surface area contributed by atoms with E-state index < -0.39 is 5.41 Å². The predicted octanol–water partition coefficient (Wildman–Crippen LogP) is 4.89. The van der Waals surface area contributed by atoms with Crippen molar-refractivity contribution in [2.24, 2.45) is 0 Å². The zero-order valence-corrected chi connectivity index (χ0v) is 20.0. The Balaban J connectivity index is 1.42. The van der Waals surface area contributed by atoms with Gasteiger partial charge in [-0.2, -0.15) is 0 Å². The van der Waals surface area contributed by atoms with Gasteiger partial charge in [-0.1, -0.05) is 12.1 Å². The van der Waals surface area contributed by atoms with Crippen molar-refractivity contribution in [3.63, 3.8) is 0 Å². The fourth-order valence-electron chi connectivity index (χ4n) is 4.53. The molecule has 0 saturated carbocycles. The molecule has 0 bridgehead atoms. The maximum Gasteiger partial charge on any atom is 0.137 e. The Morgan fingerprint density at radius 3 is 1.46 bits per heavy atom. The average Bonchev–Trinajstić information content (AvgIpc) is 3.41. The van der Waals surface area contributed by atoms with Crippen LogP contribution in [0.3, 0.4) is 0 Å². The lowest BCUT2D eigenvalue weighted by Gasteiger charge is -2.25. The van der Waals surface area contributed by atoms with Crippen LogP contribution >= 0.6 is 0 Å². The Kier molecular flexibility index (Phi) is 4.70. The number of nitrogens with zero attached hydrogens (tertiary/aromatic N) is 8. The summed E-state index contributed by atoms with van der Waals surface area (Å²) in [4.78, 5) is 27.9. The lowest BCUT2D eigenvalue weighted by molar-refractivity contribution is 0.591. The molecule has 8 nitrogen and oxygen atoms in total. The summed E-state index contributed by atoms with van der Waals surface area (Å²) in [5.41, 5.74) is 6.90. The maximum atomic E-state index is 5.04. The van der Waals surface area contributed by atoms with Crippen molar-refractivity contribution in [3.05, 3.63) is 96.4 Å². The highest BCUT2D eigenvalue weighted by molar-refractivity contribution is 5.78. The predicted molar refractivity (Wildman–Crippen MR) is 135 cm³/mol. The number of pyridine rings is 2. The van der Waals surface area contributed by atoms with Crippen LogP contribution < -0.4 is 0 Å². The van der Waals surface area contributed by atoms with Gasteiger partial charge in [0.1, 0.15) is 33.7 Å². The largest absolute Gasteiger partial charge is 0.301 e. The van der Waals surface area contributed by atoms with Crippen molar-refractivity contribution < 1.29 is 0 Å². The molecule has 8 heteroatoms. The fourth-order valence-corrected chi connectivity index (χ4v) is 4.53. The minimum atomic E-state index is -0.431. The minimum Gasteiger partial charge on any atom is -0.301 e. The minimum absolute atomic E-state index is 0.431. The molecule has 6 aromatic heterocycles. The van der Waals surface area contributed by atoms with Crippen LogP contribution in [-0.2, 0) is 5.41 Å². The van der Waals surface area contributed by atoms with E-state index in [1.165, 1.54) is 0 Å². The molecule has 6 aromatic rings. The van der Waals surface area contributed by atoms with Crippen LogP contribution in [0.15, 0.2) is 73.6 Å². The number of fused-ring (bicyclic) bond motifs is 2. The lowest BCUT2D eigenvalue weighted by atomic mass is 9.84. The topological polar surface area (TPSA) is 87.2 Å². The van der Waals surface area contributed by atoms with Crippen molar-refractivity contribution in [2.75, 3.05) is 0 Å². The molecule has 172 valence electrons. The van der Waals surface area contributed by atoms with Gasteiger partial charge < -0.3 is 9.13 Å². The molecule has 0 amide bonds. The Bertz CT molecular complexity index is 1580. The smallest absolute Gasteiger partial charge is 0.137 e. The molecule has 0 radical (unpaired) electrons. The second-order valence-corrected chi connectivity index (χ2v) is 9.14. The third-order valence-electron chi connectivity index (χ3n) is 6.61. The van der Waals surface area contributed by atoms with E-state index in [1.807, 2.05) is 59.6 Å². The van der Waals surface area contributed by atoms with Crippen molar-refractivity contribution in [3.8, 4) is 11.6 Å². The number of hydrogen-bond donors (Lipinski definition) is 0. The van der Waals surface area contributed by atoms with Crippen molar-refractivity contribution in [1.29, 1.82) is 0 Å². The Morgan fingerprint density at radius 2 is 1.03 bits per heavy atom. The van der Waals surface area contributed by atoms with E-state index in [0.29, 0.717) is 0 Å². The van der Waals surface area contributed by atoms with Gasteiger partial charge >= 0.3 is 0 Å². The van der Waals surface area contributed by atoms with Crippen molar-refractivity contribution >= 4 is 22.1 Å². The van der Waals surface area contributed by atoms with Crippen LogP contribution in [0.5, 0.6) is 0 Å². The summed E-state index contributed by atoms with van der Waals surface area (Å²) in [6.07, 6.45) is 10.8. The molecule has 0 fully saturated rings. The van der Waals surface area contributed by atoms with E-state index in [9.17, 15) is 0 Å². The molecule has 0 unspecified atom stereocenters. The van der Waals surface area contributed by atoms with Crippen LogP contribution in [0.1, 0.15) is 36.6 Å². The van der Waals surface area contributed by atoms with E-state index in [2.05, 4.69) is 45.9 Å². The molecule has 6 heterocycles. The highest BCUT2D eigenvalue weighted by atomic mass is 15.1. The highest BCUT2D eigenvalue weighted by Crippen LogP contribution is 2.31. The van der Waals surface area contributed by atoms with Gasteiger partial charge in [0.05, 0.1) is 11.4 Å². The number of aromatic nitrogens is 8. The van der Waals surface area contributed by atoms with Gasteiger partial charge in [-0.3, -0.25) is 19.9 Å². The Hall–Kier alpha value is -4.46. The molecular formula is C27H24N8. The summed E-state index contributed by atoms with van der Waals surface area (Å²) in [5, 5.41) is 0. The number of rotatable bonds is 4. The van der Waals surface area contributed by atoms with Gasteiger partial charge in [0.25, 0.3) is 0 Å². The SMILES string of the molecule is Cc1c2nccnc2cn1-c1cccc(C(C)(C)c2cccc(-n3cc4nccnc4c3C)n2)n1. The van der Waals surface area contributed by atoms with Crippen LogP contribution in [-0.4, -0.2) is 39.0 Å². The molecule has 0 aliphatic carbocycles. The van der Waals surface area contributed by atoms with Crippen LogP contribution in [0.4, 0.5) is 0 Å². The molecule has 0 aliphatic heterocycles. The Morgan fingerprint density at radius 1 is 0.600 bits per heavy atom. The normalized spacial score (nSPS) is 12.0. The molecule has 0 aliphatic rings. The van der Waals surface area contributed by atoms with Gasteiger partial charge in [-0.25, -0.2) is 9.97 Å². The zero-order chi connectivity index (χ0) is 24.2. The molecule has 6 rings (SSSR count). The first kappa shape index (κ1) is 21.1. The monoisotopic (exact) mass is 460 g/mol. The van der Waals surface area contributed by atoms with Crippen LogP contribution in [0.25, 0.3) is 33.7 Å². The van der Waals surface area contributed by atoms with Gasteiger partial charge in [-0.05, 0) is 52.0 Å². The summed E-state index contributed by atoms with van der Waals surface area (Å²) in [7, 11) is 0. The molecule has 0 saturated heterocycles. The van der Waals surface area contributed by atoms with Gasteiger partial charge in [-0.15, -0.1) is 0 Å². The molecular weight excluding hydrogens is 436 g/mol. The van der Waals surface area contributed by atoms with Crippen molar-refractivity contribution in [2.45, 2.75) is 33.1 Å². The van der Waals surface area contributed by atoms with Crippen molar-refractivity contribution in [1.82, 2.24) is 39.0 Å². The summed E-state index contributed by atoms with van der Waals surface area (Å²) < 4.78 is 4.09. The van der Waals surface area contributed by atoms with Gasteiger partial charge in [0, 0.05) is 54.0 Å². The molecule has 0 atom stereocenters. The summed E-state index contributed by atoms with van der Waals surface area (Å²) in [6.45, 7) is 8.37. The summed E-state index contributed by atoms with van der Waals surface area (Å²) in [6, 6.07) is 12.2.